The summed E-state index contributed by atoms with van der Waals surface area (Å²) in [5.74, 6) is 2.49. The van der Waals surface area contributed by atoms with Crippen LogP contribution in [0.4, 0.5) is 4.39 Å². The number of pyridine rings is 2. The number of hydrogen-bond acceptors (Lipinski definition) is 13. The third kappa shape index (κ3) is 11.0. The number of likely N-dealkylation sites (tertiary alicyclic amines) is 1. The lowest BCUT2D eigenvalue weighted by molar-refractivity contribution is -0.172. The Morgan fingerprint density at radius 1 is 1.12 bits per heavy atom. The number of rotatable bonds is 16. The molecule has 4 aromatic rings. The standard InChI is InChI=1S/C49H56FN9O9S/c1-6-49(66)35-20-38-42-33(25-59(38)44(63)34(35)26-68-46(49)65)31(32-19-29(4)36(50)21-37(32)55-42)12-10-18-67-27-54-40(61)24-51-45(64)48(14-16-58(5)17-15-48)57-43(62)41(28(2)3)56-39(60)13-9-7-8-11-30-22-52-47(69)53-23-30/h10,12,19-23,28,41,66H,6-7,9,13-18,24-27H2,1-5H3,(H,51,64)(H,54,61)(H,56,60)(H,57,62)(H,52,53,69)/b12-10+/t41-,49-/m0/s1. The third-order valence-electron chi connectivity index (χ3n) is 12.8. The Hall–Kier alpha value is -6.66. The summed E-state index contributed by atoms with van der Waals surface area (Å²) in [6.45, 7) is 7.16. The van der Waals surface area contributed by atoms with Crippen LogP contribution in [-0.2, 0) is 52.2 Å². The topological polar surface area (TPSA) is 239 Å². The number of unbranched alkanes of at least 4 members (excludes halogenated alkanes) is 1. The number of esters is 1. The van der Waals surface area contributed by atoms with E-state index in [1.165, 1.54) is 10.6 Å². The largest absolute Gasteiger partial charge is 0.458 e. The van der Waals surface area contributed by atoms with E-state index in [0.717, 1.165) is 0 Å². The number of aryl methyl sites for hydroxylation is 1. The first-order valence-corrected chi connectivity index (χ1v) is 23.3. The number of benzene rings is 1. The van der Waals surface area contributed by atoms with Crippen LogP contribution in [0.5, 0.6) is 0 Å². The van der Waals surface area contributed by atoms with Crippen LogP contribution in [0, 0.1) is 35.3 Å². The molecule has 0 radical (unpaired) electrons. The Labute approximate surface area is 402 Å². The highest BCUT2D eigenvalue weighted by atomic mass is 32.1. The van der Waals surface area contributed by atoms with E-state index in [1.807, 2.05) is 11.9 Å². The molecule has 3 aliphatic rings. The van der Waals surface area contributed by atoms with E-state index in [2.05, 4.69) is 43.1 Å². The Morgan fingerprint density at radius 3 is 2.59 bits per heavy atom. The highest BCUT2D eigenvalue weighted by molar-refractivity contribution is 7.71. The van der Waals surface area contributed by atoms with Crippen LogP contribution >= 0.6 is 12.2 Å². The maximum atomic E-state index is 14.9. The van der Waals surface area contributed by atoms with E-state index >= 15 is 0 Å². The lowest BCUT2D eigenvalue weighted by atomic mass is 9.85. The molecule has 4 amide bonds. The number of aliphatic hydroxyl groups is 1. The predicted molar refractivity (Wildman–Crippen MR) is 255 cm³/mol. The van der Waals surface area contributed by atoms with Crippen LogP contribution in [0.15, 0.2) is 41.5 Å². The molecule has 1 saturated heterocycles. The molecule has 3 aromatic heterocycles. The lowest BCUT2D eigenvalue weighted by Gasteiger charge is -2.41. The molecule has 1 fully saturated rings. The quantitative estimate of drug-likeness (QED) is 0.0275. The molecule has 3 aliphatic heterocycles. The summed E-state index contributed by atoms with van der Waals surface area (Å²) in [4.78, 5) is 93.6. The van der Waals surface area contributed by atoms with Crippen molar-refractivity contribution in [3.05, 3.63) is 91.0 Å². The van der Waals surface area contributed by atoms with E-state index in [1.54, 1.807) is 64.4 Å². The summed E-state index contributed by atoms with van der Waals surface area (Å²) >= 11 is 4.94. The fraction of sp³-hybridized carbons (Fsp3) is 0.449. The van der Waals surface area contributed by atoms with Crippen LogP contribution in [0.3, 0.4) is 0 Å². The van der Waals surface area contributed by atoms with E-state index in [4.69, 9.17) is 26.7 Å². The first kappa shape index (κ1) is 50.2. The van der Waals surface area contributed by atoms with Gasteiger partial charge in [-0.3, -0.25) is 24.0 Å². The first-order chi connectivity index (χ1) is 32.9. The zero-order valence-corrected chi connectivity index (χ0v) is 40.0. The van der Waals surface area contributed by atoms with Crippen molar-refractivity contribution in [2.45, 2.75) is 96.6 Å². The molecular weight excluding hydrogens is 910 g/mol. The molecule has 1 aromatic carbocycles. The van der Waals surface area contributed by atoms with Gasteiger partial charge in [0.05, 0.1) is 47.7 Å². The van der Waals surface area contributed by atoms with Crippen molar-refractivity contribution in [3.8, 4) is 23.2 Å². The molecule has 6 heterocycles. The fourth-order valence-electron chi connectivity index (χ4n) is 8.66. The maximum Gasteiger partial charge on any atom is 0.343 e. The average molecular weight is 966 g/mol. The normalized spacial score (nSPS) is 17.5. The van der Waals surface area contributed by atoms with Crippen LogP contribution < -0.4 is 26.8 Å². The van der Waals surface area contributed by atoms with Gasteiger partial charge >= 0.3 is 5.97 Å². The van der Waals surface area contributed by atoms with Gasteiger partial charge in [0.15, 0.2) is 10.4 Å². The number of amides is 4. The number of aromatic nitrogens is 4. The second-order valence-corrected chi connectivity index (χ2v) is 18.3. The first-order valence-electron chi connectivity index (χ1n) is 22.9. The van der Waals surface area contributed by atoms with Crippen molar-refractivity contribution in [3.63, 3.8) is 0 Å². The number of carbonyl (C=O) groups is 5. The second-order valence-electron chi connectivity index (χ2n) is 17.9. The van der Waals surface area contributed by atoms with Crippen LogP contribution in [0.25, 0.3) is 28.4 Å². The van der Waals surface area contributed by atoms with Gasteiger partial charge in [-0.05, 0) is 81.1 Å². The van der Waals surface area contributed by atoms with Gasteiger partial charge in [-0.1, -0.05) is 44.8 Å². The monoisotopic (exact) mass is 965 g/mol. The minimum absolute atomic E-state index is 0.0146. The molecule has 0 saturated carbocycles. The highest BCUT2D eigenvalue weighted by Gasteiger charge is 2.46. The molecule has 6 N–H and O–H groups in total. The molecule has 20 heteroatoms. The summed E-state index contributed by atoms with van der Waals surface area (Å²) in [6, 6.07) is 3.68. The van der Waals surface area contributed by atoms with Gasteiger partial charge in [0, 0.05) is 60.9 Å². The van der Waals surface area contributed by atoms with Crippen molar-refractivity contribution in [2.75, 3.05) is 40.0 Å². The number of carbonyl (C=O) groups excluding carboxylic acids is 5. The molecule has 0 spiro atoms. The summed E-state index contributed by atoms with van der Waals surface area (Å²) in [5.41, 5.74) is 0.106. The summed E-state index contributed by atoms with van der Waals surface area (Å²) in [7, 11) is 1.91. The zero-order chi connectivity index (χ0) is 49.6. The van der Waals surface area contributed by atoms with Gasteiger partial charge in [-0.25, -0.2) is 19.2 Å². The Kier molecular flexibility index (Phi) is 15.5. The number of aromatic amines is 1. The van der Waals surface area contributed by atoms with Crippen molar-refractivity contribution >= 4 is 58.8 Å². The Morgan fingerprint density at radius 2 is 1.88 bits per heavy atom. The van der Waals surface area contributed by atoms with Gasteiger partial charge in [0.1, 0.15) is 30.7 Å². The number of nitrogens with one attached hydrogen (secondary N) is 5. The number of cyclic esters (lactones) is 1. The zero-order valence-electron chi connectivity index (χ0n) is 39.2. The van der Waals surface area contributed by atoms with E-state index < -0.39 is 58.8 Å². The third-order valence-corrected chi connectivity index (χ3v) is 13.0. The number of halogens is 1. The SMILES string of the molecule is CC[C@@]1(O)C(=O)OCc2c1cc1n(c2=O)Cc2c-1nc1cc(F)c(C)cc1c2/C=C/COCNC(=O)CNC(=O)C1(NC(=O)[C@@H](NC(=O)CCCC#Cc2cnc(=S)[nH]c2)C(C)C)CCN(C)CC1. The number of ether oxygens (including phenoxy) is 2. The number of hydrogen-bond donors (Lipinski definition) is 6. The molecular formula is C49H56FN9O9S. The molecule has 0 aliphatic carbocycles. The summed E-state index contributed by atoms with van der Waals surface area (Å²) in [6.07, 6.45) is 8.32. The van der Waals surface area contributed by atoms with Crippen LogP contribution in [0.2, 0.25) is 0 Å². The molecule has 0 unspecified atom stereocenters. The molecule has 2 atom stereocenters. The number of fused-ring (bicyclic) bond motifs is 5. The highest BCUT2D eigenvalue weighted by Crippen LogP contribution is 2.41. The Bertz CT molecular complexity index is 2900. The predicted octanol–water partition coefficient (Wildman–Crippen LogP) is 3.14. The molecule has 18 nitrogen and oxygen atoms in total. The lowest BCUT2D eigenvalue weighted by Crippen LogP contribution is -2.66. The van der Waals surface area contributed by atoms with Gasteiger partial charge in [0.25, 0.3) is 5.56 Å². The smallest absolute Gasteiger partial charge is 0.343 e. The Balaban J connectivity index is 0.942. The van der Waals surface area contributed by atoms with Crippen LogP contribution in [-0.4, -0.2) is 111 Å². The molecule has 69 heavy (non-hydrogen) atoms. The second kappa shape index (κ2) is 21.3. The molecule has 0 bridgehead atoms. The van der Waals surface area contributed by atoms with Gasteiger partial charge in [-0.2, -0.15) is 0 Å². The average Bonchev–Trinajstić information content (AvgIpc) is 3.69. The van der Waals surface area contributed by atoms with Crippen molar-refractivity contribution in [1.29, 1.82) is 0 Å². The maximum absolute atomic E-state index is 14.9. The van der Waals surface area contributed by atoms with Gasteiger partial charge in [-0.15, -0.1) is 0 Å². The number of piperidine rings is 1. The molecule has 7 rings (SSSR count). The molecule has 364 valence electrons. The van der Waals surface area contributed by atoms with Crippen molar-refractivity contribution < 1.29 is 42.9 Å². The van der Waals surface area contributed by atoms with E-state index in [-0.39, 0.29) is 75.1 Å². The summed E-state index contributed by atoms with van der Waals surface area (Å²) < 4.78 is 27.7. The van der Waals surface area contributed by atoms with Crippen molar-refractivity contribution in [2.24, 2.45) is 5.92 Å². The van der Waals surface area contributed by atoms with Gasteiger partial charge in [0.2, 0.25) is 23.6 Å². The minimum Gasteiger partial charge on any atom is -0.458 e. The van der Waals surface area contributed by atoms with Crippen LogP contribution in [0.1, 0.15) is 92.7 Å². The van der Waals surface area contributed by atoms with E-state index in [9.17, 15) is 38.3 Å². The number of H-pyrrole nitrogens is 1. The minimum atomic E-state index is -2.01. The fourth-order valence-corrected chi connectivity index (χ4v) is 8.77. The summed E-state index contributed by atoms with van der Waals surface area (Å²) in [5, 5.41) is 23.0. The van der Waals surface area contributed by atoms with Crippen molar-refractivity contribution in [1.82, 2.24) is 45.7 Å². The van der Waals surface area contributed by atoms with Gasteiger partial charge < -0.3 is 50.3 Å². The van der Waals surface area contributed by atoms with E-state index in [0.29, 0.717) is 75.2 Å². The number of nitrogens with zero attached hydrogens (tertiary/aromatic N) is 4.